The maximum Gasteiger partial charge on any atom is 0.494 e. The van der Waals surface area contributed by atoms with Crippen molar-refractivity contribution in [2.75, 3.05) is 7.11 Å². The molecule has 2 aromatic carbocycles. The van der Waals surface area contributed by atoms with Crippen LogP contribution in [0.5, 0.6) is 5.75 Å². The molecule has 1 saturated heterocycles. The fraction of sp³-hybridized carbons (Fsp3) is 0.458. The first-order chi connectivity index (χ1) is 14.2. The maximum atomic E-state index is 11.8. The summed E-state index contributed by atoms with van der Waals surface area (Å²) >= 11 is 0. The van der Waals surface area contributed by atoms with Gasteiger partial charge in [0.25, 0.3) is 0 Å². The van der Waals surface area contributed by atoms with Crippen LogP contribution in [0, 0.1) is 0 Å². The van der Waals surface area contributed by atoms with Crippen LogP contribution in [0.2, 0.25) is 0 Å². The number of hydrogen-bond acceptors (Lipinski definition) is 5. The molecule has 0 saturated carbocycles. The van der Waals surface area contributed by atoms with E-state index < -0.39 is 7.12 Å². The minimum Gasteiger partial charge on any atom is -0.485 e. The summed E-state index contributed by atoms with van der Waals surface area (Å²) in [6.45, 7) is 8.24. The van der Waals surface area contributed by atoms with Crippen molar-refractivity contribution in [3.63, 3.8) is 0 Å². The van der Waals surface area contributed by atoms with E-state index in [0.717, 1.165) is 35.2 Å². The molecule has 1 aliphatic carbocycles. The summed E-state index contributed by atoms with van der Waals surface area (Å²) in [7, 11) is 1.00. The van der Waals surface area contributed by atoms with Gasteiger partial charge in [-0.05, 0) is 63.2 Å². The standard InChI is InChI=1S/C24H29BO5/c1-23(2)24(3,4)30-25(29-23)18-12-10-16-11-13-21(19(16)15-18)28-20-9-7-6-8-17(20)14-22(26)27-5/h6-10,12,15,21H,11,13-14H2,1-5H3. The van der Waals surface area contributed by atoms with Crippen molar-refractivity contribution in [3.05, 3.63) is 59.2 Å². The number of ether oxygens (including phenoxy) is 2. The molecule has 2 aliphatic rings. The SMILES string of the molecule is COC(=O)Cc1ccccc1OC1CCc2ccc(B3OC(C)(C)C(C)(C)O3)cc21. The molecule has 5 nitrogen and oxygen atoms in total. The van der Waals surface area contributed by atoms with Crippen molar-refractivity contribution in [2.45, 2.75) is 64.3 Å². The van der Waals surface area contributed by atoms with Crippen LogP contribution in [-0.4, -0.2) is 31.4 Å². The third-order valence-corrected chi connectivity index (χ3v) is 6.52. The Kier molecular flexibility index (Phi) is 5.41. The fourth-order valence-corrected chi connectivity index (χ4v) is 3.98. The smallest absolute Gasteiger partial charge is 0.485 e. The largest absolute Gasteiger partial charge is 0.494 e. The number of fused-ring (bicyclic) bond motifs is 1. The van der Waals surface area contributed by atoms with Crippen LogP contribution >= 0.6 is 0 Å². The number of para-hydroxylation sites is 1. The van der Waals surface area contributed by atoms with Gasteiger partial charge in [-0.3, -0.25) is 4.79 Å². The van der Waals surface area contributed by atoms with Gasteiger partial charge in [0.1, 0.15) is 11.9 Å². The first-order valence-corrected chi connectivity index (χ1v) is 10.5. The lowest BCUT2D eigenvalue weighted by molar-refractivity contribution is -0.139. The highest BCUT2D eigenvalue weighted by molar-refractivity contribution is 6.62. The zero-order valence-corrected chi connectivity index (χ0v) is 18.4. The number of methoxy groups -OCH3 is 1. The third-order valence-electron chi connectivity index (χ3n) is 6.52. The predicted molar refractivity (Wildman–Crippen MR) is 116 cm³/mol. The van der Waals surface area contributed by atoms with Crippen molar-refractivity contribution < 1.29 is 23.6 Å². The Hall–Kier alpha value is -2.31. The minimum atomic E-state index is -0.395. The molecule has 0 radical (unpaired) electrons. The van der Waals surface area contributed by atoms with Gasteiger partial charge in [0, 0.05) is 5.56 Å². The van der Waals surface area contributed by atoms with E-state index in [1.807, 2.05) is 24.3 Å². The van der Waals surface area contributed by atoms with Crippen LogP contribution in [0.15, 0.2) is 42.5 Å². The van der Waals surface area contributed by atoms with Crippen molar-refractivity contribution >= 4 is 18.6 Å². The summed E-state index contributed by atoms with van der Waals surface area (Å²) in [6.07, 6.45) is 1.98. The van der Waals surface area contributed by atoms with Crippen LogP contribution in [0.4, 0.5) is 0 Å². The molecule has 1 atom stereocenters. The summed E-state index contributed by atoms with van der Waals surface area (Å²) in [5.41, 5.74) is 3.53. The second-order valence-electron chi connectivity index (χ2n) is 9.05. The average molecular weight is 408 g/mol. The molecule has 0 amide bonds. The molecule has 0 aromatic heterocycles. The van der Waals surface area contributed by atoms with E-state index in [2.05, 4.69) is 45.9 Å². The Morgan fingerprint density at radius 1 is 1.10 bits per heavy atom. The first-order valence-electron chi connectivity index (χ1n) is 10.5. The highest BCUT2D eigenvalue weighted by Crippen LogP contribution is 2.38. The van der Waals surface area contributed by atoms with Gasteiger partial charge in [0.15, 0.2) is 0 Å². The lowest BCUT2D eigenvalue weighted by atomic mass is 9.78. The highest BCUT2D eigenvalue weighted by atomic mass is 16.7. The topological polar surface area (TPSA) is 54.0 Å². The minimum absolute atomic E-state index is 0.0684. The predicted octanol–water partition coefficient (Wildman–Crippen LogP) is 3.77. The van der Waals surface area contributed by atoms with Crippen molar-refractivity contribution in [1.29, 1.82) is 0 Å². The van der Waals surface area contributed by atoms with Crippen LogP contribution in [-0.2, 0) is 31.7 Å². The van der Waals surface area contributed by atoms with Gasteiger partial charge in [-0.15, -0.1) is 0 Å². The van der Waals surface area contributed by atoms with Crippen LogP contribution in [0.3, 0.4) is 0 Å². The Labute approximate surface area is 178 Å². The molecule has 2 aromatic rings. The van der Waals surface area contributed by atoms with Gasteiger partial charge in [-0.2, -0.15) is 0 Å². The molecule has 4 rings (SSSR count). The molecule has 1 fully saturated rings. The Balaban J connectivity index is 1.57. The van der Waals surface area contributed by atoms with Crippen molar-refractivity contribution in [1.82, 2.24) is 0 Å². The van der Waals surface area contributed by atoms with E-state index in [1.54, 1.807) is 0 Å². The molecule has 0 bridgehead atoms. The maximum absolute atomic E-state index is 11.8. The molecule has 1 unspecified atom stereocenters. The van der Waals surface area contributed by atoms with E-state index in [9.17, 15) is 4.79 Å². The van der Waals surface area contributed by atoms with Gasteiger partial charge < -0.3 is 18.8 Å². The quantitative estimate of drug-likeness (QED) is 0.557. The molecule has 158 valence electrons. The van der Waals surface area contributed by atoms with Gasteiger partial charge in [0.05, 0.1) is 24.7 Å². The zero-order valence-electron chi connectivity index (χ0n) is 18.4. The Morgan fingerprint density at radius 2 is 1.80 bits per heavy atom. The number of aryl methyl sites for hydroxylation is 1. The number of esters is 1. The number of carbonyl (C=O) groups excluding carboxylic acids is 1. The summed E-state index contributed by atoms with van der Waals surface area (Å²) in [5.74, 6) is 0.447. The van der Waals surface area contributed by atoms with Gasteiger partial charge >= 0.3 is 13.1 Å². The Morgan fingerprint density at radius 3 is 2.50 bits per heavy atom. The summed E-state index contributed by atoms with van der Waals surface area (Å²) in [5, 5.41) is 0. The summed E-state index contributed by atoms with van der Waals surface area (Å²) in [4.78, 5) is 11.8. The first kappa shape index (κ1) is 20.9. The molecule has 30 heavy (non-hydrogen) atoms. The number of rotatable bonds is 5. The number of hydrogen-bond donors (Lipinski definition) is 0. The van der Waals surface area contributed by atoms with Crippen LogP contribution in [0.25, 0.3) is 0 Å². The molecule has 1 aliphatic heterocycles. The lowest BCUT2D eigenvalue weighted by Gasteiger charge is -2.32. The van der Waals surface area contributed by atoms with Crippen LogP contribution in [0.1, 0.15) is 56.9 Å². The zero-order chi connectivity index (χ0) is 21.5. The second kappa shape index (κ2) is 7.75. The van der Waals surface area contributed by atoms with Crippen molar-refractivity contribution in [3.8, 4) is 5.75 Å². The van der Waals surface area contributed by atoms with Crippen LogP contribution < -0.4 is 10.2 Å². The van der Waals surface area contributed by atoms with E-state index in [-0.39, 0.29) is 29.7 Å². The van der Waals surface area contributed by atoms with E-state index >= 15 is 0 Å². The summed E-state index contributed by atoms with van der Waals surface area (Å²) < 4.78 is 23.7. The molecular formula is C24H29BO5. The average Bonchev–Trinajstić information content (AvgIpc) is 3.19. The number of carbonyl (C=O) groups is 1. The normalized spacial score (nSPS) is 21.4. The molecule has 0 spiro atoms. The van der Waals surface area contributed by atoms with Gasteiger partial charge in [-0.1, -0.05) is 36.4 Å². The molecule has 6 heteroatoms. The van der Waals surface area contributed by atoms with Gasteiger partial charge in [-0.25, -0.2) is 0 Å². The third kappa shape index (κ3) is 3.86. The van der Waals surface area contributed by atoms with Gasteiger partial charge in [0.2, 0.25) is 0 Å². The summed E-state index contributed by atoms with van der Waals surface area (Å²) in [6, 6.07) is 14.0. The monoisotopic (exact) mass is 408 g/mol. The van der Waals surface area contributed by atoms with E-state index in [4.69, 9.17) is 18.8 Å². The molecular weight excluding hydrogens is 379 g/mol. The second-order valence-corrected chi connectivity index (χ2v) is 9.05. The molecule has 1 heterocycles. The van der Waals surface area contributed by atoms with E-state index in [0.29, 0.717) is 0 Å². The fourth-order valence-electron chi connectivity index (χ4n) is 3.98. The molecule has 0 N–H and O–H groups in total. The van der Waals surface area contributed by atoms with E-state index in [1.165, 1.54) is 12.7 Å². The highest BCUT2D eigenvalue weighted by Gasteiger charge is 2.51. The number of benzene rings is 2. The lowest BCUT2D eigenvalue weighted by Crippen LogP contribution is -2.41. The van der Waals surface area contributed by atoms with Crippen molar-refractivity contribution in [2.24, 2.45) is 0 Å². The Bertz CT molecular complexity index is 936.